The first-order valence-electron chi connectivity index (χ1n) is 8.64. The predicted octanol–water partition coefficient (Wildman–Crippen LogP) is 1.93. The van der Waals surface area contributed by atoms with E-state index < -0.39 is 18.0 Å². The van der Waals surface area contributed by atoms with Crippen LogP contribution in [-0.2, 0) is 17.8 Å². The van der Waals surface area contributed by atoms with Crippen LogP contribution in [0.15, 0.2) is 54.6 Å². The van der Waals surface area contributed by atoms with Gasteiger partial charge in [-0.15, -0.1) is 0 Å². The lowest BCUT2D eigenvalue weighted by Crippen LogP contribution is -2.48. The Hall–Kier alpha value is -3.35. The van der Waals surface area contributed by atoms with Gasteiger partial charge in [0.05, 0.1) is 5.56 Å². The van der Waals surface area contributed by atoms with Crippen molar-refractivity contribution in [1.82, 2.24) is 16.0 Å². The van der Waals surface area contributed by atoms with Crippen molar-refractivity contribution in [1.29, 1.82) is 0 Å². The number of hydrogen-bond donors (Lipinski definition) is 4. The number of urea groups is 1. The highest BCUT2D eigenvalue weighted by Gasteiger charge is 2.14. The molecule has 2 aromatic carbocycles. The van der Waals surface area contributed by atoms with Crippen molar-refractivity contribution in [3.8, 4) is 0 Å². The maximum absolute atomic E-state index is 12.0. The third kappa shape index (κ3) is 6.81. The van der Waals surface area contributed by atoms with Gasteiger partial charge in [0.2, 0.25) is 5.91 Å². The number of amides is 3. The van der Waals surface area contributed by atoms with Crippen LogP contribution in [0.5, 0.6) is 0 Å². The van der Waals surface area contributed by atoms with Crippen LogP contribution in [-0.4, -0.2) is 35.6 Å². The number of carbonyl (C=O) groups excluding carboxylic acids is 2. The summed E-state index contributed by atoms with van der Waals surface area (Å²) in [7, 11) is 0. The molecule has 0 spiro atoms. The van der Waals surface area contributed by atoms with E-state index in [0.717, 1.165) is 17.5 Å². The number of rotatable bonds is 8. The molecule has 1 atom stereocenters. The molecule has 0 aliphatic carbocycles. The normalized spacial score (nSPS) is 11.3. The predicted molar refractivity (Wildman–Crippen MR) is 101 cm³/mol. The second kappa shape index (κ2) is 9.96. The quantitative estimate of drug-likeness (QED) is 0.570. The molecular weight excluding hydrogens is 346 g/mol. The Kier molecular flexibility index (Phi) is 7.37. The first-order chi connectivity index (χ1) is 13.0. The molecule has 0 heterocycles. The lowest BCUT2D eigenvalue weighted by Gasteiger charge is -2.15. The Bertz CT molecular complexity index is 776. The molecule has 2 aromatic rings. The first kappa shape index (κ1) is 20.0. The summed E-state index contributed by atoms with van der Waals surface area (Å²) in [4.78, 5) is 34.7. The van der Waals surface area contributed by atoms with Crippen molar-refractivity contribution in [3.63, 3.8) is 0 Å². The third-order valence-electron chi connectivity index (χ3n) is 3.95. The van der Waals surface area contributed by atoms with Gasteiger partial charge < -0.3 is 21.1 Å². The number of nitrogens with one attached hydrogen (secondary N) is 3. The Morgan fingerprint density at radius 2 is 1.59 bits per heavy atom. The summed E-state index contributed by atoms with van der Waals surface area (Å²) < 4.78 is 0. The van der Waals surface area contributed by atoms with Gasteiger partial charge in [0.15, 0.2) is 0 Å². The molecule has 0 aromatic heterocycles. The number of carbonyl (C=O) groups is 3. The molecule has 0 bridgehead atoms. The van der Waals surface area contributed by atoms with E-state index in [0.29, 0.717) is 6.54 Å². The zero-order chi connectivity index (χ0) is 19.6. The molecule has 0 aliphatic heterocycles. The van der Waals surface area contributed by atoms with E-state index in [-0.39, 0.29) is 18.0 Å². The van der Waals surface area contributed by atoms with Gasteiger partial charge in [-0.05, 0) is 36.6 Å². The monoisotopic (exact) mass is 369 g/mol. The minimum absolute atomic E-state index is 0.184. The maximum Gasteiger partial charge on any atom is 0.335 e. The van der Waals surface area contributed by atoms with E-state index in [2.05, 4.69) is 16.0 Å². The topological polar surface area (TPSA) is 108 Å². The van der Waals surface area contributed by atoms with Gasteiger partial charge in [0, 0.05) is 13.1 Å². The van der Waals surface area contributed by atoms with Crippen LogP contribution in [0.2, 0.25) is 0 Å². The zero-order valence-electron chi connectivity index (χ0n) is 15.1. The highest BCUT2D eigenvalue weighted by Crippen LogP contribution is 2.04. The van der Waals surface area contributed by atoms with E-state index in [1.807, 2.05) is 30.3 Å². The van der Waals surface area contributed by atoms with Gasteiger partial charge in [-0.1, -0.05) is 42.5 Å². The minimum atomic E-state index is -1.00. The lowest BCUT2D eigenvalue weighted by molar-refractivity contribution is -0.122. The first-order valence-corrected chi connectivity index (χ1v) is 8.64. The molecular formula is C20H23N3O4. The van der Waals surface area contributed by atoms with Gasteiger partial charge >= 0.3 is 12.0 Å². The Morgan fingerprint density at radius 3 is 2.22 bits per heavy atom. The van der Waals surface area contributed by atoms with Gasteiger partial charge in [-0.3, -0.25) is 4.79 Å². The van der Waals surface area contributed by atoms with Crippen molar-refractivity contribution >= 4 is 17.9 Å². The average Bonchev–Trinajstić information content (AvgIpc) is 2.67. The Labute approximate surface area is 157 Å². The molecule has 27 heavy (non-hydrogen) atoms. The van der Waals surface area contributed by atoms with Crippen LogP contribution in [0.1, 0.15) is 28.4 Å². The van der Waals surface area contributed by atoms with Crippen LogP contribution in [0, 0.1) is 0 Å². The molecule has 0 aliphatic rings. The van der Waals surface area contributed by atoms with E-state index in [1.54, 1.807) is 19.1 Å². The average molecular weight is 369 g/mol. The maximum atomic E-state index is 12.0. The molecule has 0 fully saturated rings. The molecule has 7 nitrogen and oxygen atoms in total. The van der Waals surface area contributed by atoms with Gasteiger partial charge in [-0.25, -0.2) is 9.59 Å². The fraction of sp³-hybridized carbons (Fsp3) is 0.250. The molecule has 142 valence electrons. The van der Waals surface area contributed by atoms with Gasteiger partial charge in [0.1, 0.15) is 6.04 Å². The molecule has 0 unspecified atom stereocenters. The fourth-order valence-corrected chi connectivity index (χ4v) is 2.39. The van der Waals surface area contributed by atoms with Crippen LogP contribution < -0.4 is 16.0 Å². The summed E-state index contributed by atoms with van der Waals surface area (Å²) in [5.41, 5.74) is 2.07. The molecule has 2 rings (SSSR count). The lowest BCUT2D eigenvalue weighted by atomic mass is 10.1. The number of benzene rings is 2. The van der Waals surface area contributed by atoms with Crippen molar-refractivity contribution in [3.05, 3.63) is 71.3 Å². The number of carboxylic acids is 1. The molecule has 7 heteroatoms. The summed E-state index contributed by atoms with van der Waals surface area (Å²) in [6.07, 6.45) is 0.720. The SMILES string of the molecule is C[C@H](NC(=O)NCc1ccc(C(=O)O)cc1)C(=O)NCCc1ccccc1. The summed E-state index contributed by atoms with van der Waals surface area (Å²) in [6, 6.07) is 14.9. The van der Waals surface area contributed by atoms with Gasteiger partial charge in [0.25, 0.3) is 0 Å². The number of carboxylic acid groups (broad SMARTS) is 1. The van der Waals surface area contributed by atoms with Crippen molar-refractivity contribution in [2.24, 2.45) is 0 Å². The second-order valence-corrected chi connectivity index (χ2v) is 6.08. The van der Waals surface area contributed by atoms with E-state index in [9.17, 15) is 14.4 Å². The summed E-state index contributed by atoms with van der Waals surface area (Å²) >= 11 is 0. The number of aromatic carboxylic acids is 1. The number of hydrogen-bond acceptors (Lipinski definition) is 3. The van der Waals surface area contributed by atoms with E-state index >= 15 is 0 Å². The zero-order valence-corrected chi connectivity index (χ0v) is 15.1. The van der Waals surface area contributed by atoms with Crippen LogP contribution in [0.4, 0.5) is 4.79 Å². The molecule has 0 saturated heterocycles. The largest absolute Gasteiger partial charge is 0.478 e. The highest BCUT2D eigenvalue weighted by atomic mass is 16.4. The summed E-state index contributed by atoms with van der Waals surface area (Å²) in [6.45, 7) is 2.33. The van der Waals surface area contributed by atoms with E-state index in [1.165, 1.54) is 12.1 Å². The van der Waals surface area contributed by atoms with Crippen molar-refractivity contribution in [2.45, 2.75) is 25.9 Å². The van der Waals surface area contributed by atoms with E-state index in [4.69, 9.17) is 5.11 Å². The smallest absolute Gasteiger partial charge is 0.335 e. The highest BCUT2D eigenvalue weighted by molar-refractivity contribution is 5.87. The Balaban J connectivity index is 1.69. The second-order valence-electron chi connectivity index (χ2n) is 6.08. The van der Waals surface area contributed by atoms with Crippen molar-refractivity contribution < 1.29 is 19.5 Å². The summed E-state index contributed by atoms with van der Waals surface area (Å²) in [5, 5.41) is 16.9. The van der Waals surface area contributed by atoms with Crippen LogP contribution in [0.3, 0.4) is 0 Å². The Morgan fingerprint density at radius 1 is 0.926 bits per heavy atom. The summed E-state index contributed by atoms with van der Waals surface area (Å²) in [5.74, 6) is -1.26. The molecule has 0 radical (unpaired) electrons. The van der Waals surface area contributed by atoms with Crippen LogP contribution in [0.25, 0.3) is 0 Å². The molecule has 4 N–H and O–H groups in total. The van der Waals surface area contributed by atoms with Crippen LogP contribution >= 0.6 is 0 Å². The van der Waals surface area contributed by atoms with Crippen molar-refractivity contribution in [2.75, 3.05) is 6.54 Å². The molecule has 0 saturated carbocycles. The standard InChI is InChI=1S/C20H23N3O4/c1-14(18(24)21-12-11-15-5-3-2-4-6-15)23-20(27)22-13-16-7-9-17(10-8-16)19(25)26/h2-10,14H,11-13H2,1H3,(H,21,24)(H,25,26)(H2,22,23,27)/t14-/m0/s1. The van der Waals surface area contributed by atoms with Gasteiger partial charge in [-0.2, -0.15) is 0 Å². The minimum Gasteiger partial charge on any atom is -0.478 e. The molecule has 3 amide bonds. The third-order valence-corrected chi connectivity index (χ3v) is 3.95. The fourth-order valence-electron chi connectivity index (χ4n) is 2.39.